The highest BCUT2D eigenvalue weighted by Gasteiger charge is 2.35. The summed E-state index contributed by atoms with van der Waals surface area (Å²) in [4.78, 5) is 26.4. The first kappa shape index (κ1) is 16.6. The molecule has 0 radical (unpaired) electrons. The molecule has 2 aromatic carbocycles. The first-order chi connectivity index (χ1) is 12.6. The van der Waals surface area contributed by atoms with Gasteiger partial charge in [0, 0.05) is 29.1 Å². The number of amides is 2. The van der Waals surface area contributed by atoms with Gasteiger partial charge in [-0.25, -0.2) is 0 Å². The number of carbonyl (C=O) groups is 2. The van der Waals surface area contributed by atoms with Gasteiger partial charge in [-0.2, -0.15) is 5.10 Å². The third-order valence-electron chi connectivity index (χ3n) is 4.60. The van der Waals surface area contributed by atoms with Crippen LogP contribution in [0.25, 0.3) is 10.9 Å². The van der Waals surface area contributed by atoms with Gasteiger partial charge in [0.25, 0.3) is 0 Å². The Morgan fingerprint density at radius 3 is 2.96 bits per heavy atom. The van der Waals surface area contributed by atoms with E-state index >= 15 is 0 Å². The van der Waals surface area contributed by atoms with Crippen LogP contribution >= 0.6 is 11.6 Å². The summed E-state index contributed by atoms with van der Waals surface area (Å²) in [5.74, 6) is -0.586. The number of nitrogens with zero attached hydrogens (tertiary/aromatic N) is 2. The molecular weight excluding hydrogens is 352 g/mol. The molecule has 7 heteroatoms. The summed E-state index contributed by atoms with van der Waals surface area (Å²) in [5, 5.41) is 11.6. The third-order valence-corrected chi connectivity index (χ3v) is 4.83. The highest BCUT2D eigenvalue weighted by atomic mass is 35.5. The van der Waals surface area contributed by atoms with Crippen LogP contribution in [0.5, 0.6) is 0 Å². The van der Waals surface area contributed by atoms with E-state index in [4.69, 9.17) is 11.6 Å². The van der Waals surface area contributed by atoms with Gasteiger partial charge < -0.3 is 10.2 Å². The van der Waals surface area contributed by atoms with Crippen molar-refractivity contribution < 1.29 is 9.59 Å². The predicted octanol–water partition coefficient (Wildman–Crippen LogP) is 2.89. The van der Waals surface area contributed by atoms with Crippen molar-refractivity contribution >= 4 is 40.0 Å². The van der Waals surface area contributed by atoms with Crippen LogP contribution in [-0.2, 0) is 16.1 Å². The van der Waals surface area contributed by atoms with E-state index in [1.807, 2.05) is 30.3 Å². The van der Waals surface area contributed by atoms with Gasteiger partial charge in [-0.1, -0.05) is 35.9 Å². The van der Waals surface area contributed by atoms with E-state index in [9.17, 15) is 9.59 Å². The van der Waals surface area contributed by atoms with Gasteiger partial charge in [0.2, 0.25) is 11.8 Å². The lowest BCUT2D eigenvalue weighted by atomic mass is 10.1. The van der Waals surface area contributed by atoms with E-state index in [1.165, 1.54) is 0 Å². The fraction of sp³-hybridized carbons (Fsp3) is 0.211. The van der Waals surface area contributed by atoms with Crippen molar-refractivity contribution in [2.45, 2.75) is 13.0 Å². The fourth-order valence-corrected chi connectivity index (χ4v) is 3.43. The summed E-state index contributed by atoms with van der Waals surface area (Å²) in [7, 11) is 0. The topological polar surface area (TPSA) is 78.1 Å². The molecule has 4 rings (SSSR count). The molecule has 0 bridgehead atoms. The normalized spacial score (nSPS) is 17.0. The molecule has 2 heterocycles. The Balaban J connectivity index is 1.42. The second kappa shape index (κ2) is 6.80. The number of hydrogen-bond donors (Lipinski definition) is 2. The van der Waals surface area contributed by atoms with Gasteiger partial charge in [0.15, 0.2) is 0 Å². The van der Waals surface area contributed by atoms with Gasteiger partial charge in [0.05, 0.1) is 23.7 Å². The number of hydrogen-bond acceptors (Lipinski definition) is 3. The second-order valence-electron chi connectivity index (χ2n) is 6.32. The Hall–Kier alpha value is -2.86. The number of halogens is 1. The molecule has 0 spiro atoms. The van der Waals surface area contributed by atoms with Crippen molar-refractivity contribution in [3.05, 3.63) is 59.2 Å². The number of rotatable bonds is 4. The summed E-state index contributed by atoms with van der Waals surface area (Å²) in [6, 6.07) is 14.8. The van der Waals surface area contributed by atoms with Gasteiger partial charge in [0.1, 0.15) is 0 Å². The Labute approximate surface area is 155 Å². The molecule has 1 aliphatic rings. The minimum absolute atomic E-state index is 0.0700. The largest absolute Gasteiger partial charge is 0.350 e. The summed E-state index contributed by atoms with van der Waals surface area (Å²) < 4.78 is 0. The number of anilines is 1. The molecule has 1 atom stereocenters. The van der Waals surface area contributed by atoms with Crippen LogP contribution < -0.4 is 10.2 Å². The Bertz CT molecular complexity index is 984. The zero-order valence-corrected chi connectivity index (χ0v) is 14.7. The summed E-state index contributed by atoms with van der Waals surface area (Å²) >= 11 is 6.00. The number of aromatic nitrogens is 2. The van der Waals surface area contributed by atoms with E-state index < -0.39 is 0 Å². The molecule has 132 valence electrons. The molecule has 2 N–H and O–H groups in total. The average molecular weight is 369 g/mol. The van der Waals surface area contributed by atoms with E-state index in [1.54, 1.807) is 23.1 Å². The molecule has 1 saturated heterocycles. The summed E-state index contributed by atoms with van der Waals surface area (Å²) in [6.07, 6.45) is 0.196. The second-order valence-corrected chi connectivity index (χ2v) is 6.76. The summed E-state index contributed by atoms with van der Waals surface area (Å²) in [6.45, 7) is 0.704. The highest BCUT2D eigenvalue weighted by Crippen LogP contribution is 2.27. The number of H-pyrrole nitrogens is 1. The summed E-state index contributed by atoms with van der Waals surface area (Å²) in [5.41, 5.74) is 2.43. The molecule has 1 aliphatic heterocycles. The number of fused-ring (bicyclic) bond motifs is 1. The number of aromatic amines is 1. The van der Waals surface area contributed by atoms with Crippen molar-refractivity contribution in [2.24, 2.45) is 5.92 Å². The maximum Gasteiger partial charge on any atom is 0.227 e. The van der Waals surface area contributed by atoms with E-state index in [0.717, 1.165) is 22.3 Å². The molecule has 3 aromatic rings. The molecule has 2 amide bonds. The van der Waals surface area contributed by atoms with Crippen LogP contribution in [0.4, 0.5) is 5.69 Å². The highest BCUT2D eigenvalue weighted by molar-refractivity contribution is 6.31. The minimum Gasteiger partial charge on any atom is -0.350 e. The molecule has 6 nitrogen and oxygen atoms in total. The van der Waals surface area contributed by atoms with Gasteiger partial charge in [-0.15, -0.1) is 0 Å². The quantitative estimate of drug-likeness (QED) is 0.743. The van der Waals surface area contributed by atoms with Crippen molar-refractivity contribution in [3.63, 3.8) is 0 Å². The van der Waals surface area contributed by atoms with Gasteiger partial charge in [-0.05, 0) is 24.3 Å². The van der Waals surface area contributed by atoms with Crippen LogP contribution in [0.3, 0.4) is 0 Å². The van der Waals surface area contributed by atoms with E-state index in [2.05, 4.69) is 15.5 Å². The Kier molecular flexibility index (Phi) is 4.34. The van der Waals surface area contributed by atoms with Crippen LogP contribution in [0.2, 0.25) is 5.02 Å². The van der Waals surface area contributed by atoms with Crippen molar-refractivity contribution in [2.75, 3.05) is 11.4 Å². The molecule has 26 heavy (non-hydrogen) atoms. The van der Waals surface area contributed by atoms with Crippen LogP contribution in [0.1, 0.15) is 12.1 Å². The smallest absolute Gasteiger partial charge is 0.227 e. The molecule has 0 saturated carbocycles. The third kappa shape index (κ3) is 3.15. The number of para-hydroxylation sites is 1. The lowest BCUT2D eigenvalue weighted by molar-refractivity contribution is -0.126. The molecule has 0 aliphatic carbocycles. The lowest BCUT2D eigenvalue weighted by Gasteiger charge is -2.17. The SMILES string of the molecule is O=C(NCc1[nH]nc2ccccc12)C1CC(=O)N(c2cccc(Cl)c2)C1. The van der Waals surface area contributed by atoms with Crippen molar-refractivity contribution in [1.29, 1.82) is 0 Å². The number of benzene rings is 2. The molecule has 1 aromatic heterocycles. The maximum atomic E-state index is 12.5. The van der Waals surface area contributed by atoms with Crippen molar-refractivity contribution in [3.8, 4) is 0 Å². The number of nitrogens with one attached hydrogen (secondary N) is 2. The zero-order chi connectivity index (χ0) is 18.1. The van der Waals surface area contributed by atoms with Crippen LogP contribution in [-0.4, -0.2) is 28.6 Å². The monoisotopic (exact) mass is 368 g/mol. The first-order valence-corrected chi connectivity index (χ1v) is 8.75. The first-order valence-electron chi connectivity index (χ1n) is 8.37. The minimum atomic E-state index is -0.379. The molecular formula is C19H17ClN4O2. The maximum absolute atomic E-state index is 12.5. The standard InChI is InChI=1S/C19H17ClN4O2/c20-13-4-3-5-14(9-13)24-11-12(8-18(24)25)19(26)21-10-17-15-6-1-2-7-16(15)22-23-17/h1-7,9,12H,8,10-11H2,(H,21,26)(H,22,23). The average Bonchev–Trinajstić information content (AvgIpc) is 3.23. The lowest BCUT2D eigenvalue weighted by Crippen LogP contribution is -2.32. The van der Waals surface area contributed by atoms with Gasteiger partial charge in [-0.3, -0.25) is 14.7 Å². The van der Waals surface area contributed by atoms with Gasteiger partial charge >= 0.3 is 0 Å². The Morgan fingerprint density at radius 1 is 1.27 bits per heavy atom. The van der Waals surface area contributed by atoms with Crippen molar-refractivity contribution in [1.82, 2.24) is 15.5 Å². The van der Waals surface area contributed by atoms with E-state index in [-0.39, 0.29) is 24.2 Å². The van der Waals surface area contributed by atoms with E-state index in [0.29, 0.717) is 18.1 Å². The van der Waals surface area contributed by atoms with Crippen LogP contribution in [0.15, 0.2) is 48.5 Å². The number of carbonyl (C=O) groups excluding carboxylic acids is 2. The molecule has 1 unspecified atom stereocenters. The predicted molar refractivity (Wildman–Crippen MR) is 99.9 cm³/mol. The molecule has 1 fully saturated rings. The Morgan fingerprint density at radius 2 is 2.12 bits per heavy atom. The fourth-order valence-electron chi connectivity index (χ4n) is 3.25. The zero-order valence-electron chi connectivity index (χ0n) is 13.9. The van der Waals surface area contributed by atoms with Crippen LogP contribution in [0, 0.1) is 5.92 Å².